The largest absolute Gasteiger partial charge is 0.489 e. The Labute approximate surface area is 160 Å². The first-order valence-corrected chi connectivity index (χ1v) is 9.27. The van der Waals surface area contributed by atoms with E-state index in [2.05, 4.69) is 11.7 Å². The maximum atomic E-state index is 12.8. The molecule has 0 unspecified atom stereocenters. The van der Waals surface area contributed by atoms with E-state index in [0.717, 1.165) is 18.4 Å². The van der Waals surface area contributed by atoms with Crippen LogP contribution in [0, 0.1) is 0 Å². The normalized spacial score (nSPS) is 10.3. The van der Waals surface area contributed by atoms with Gasteiger partial charge in [-0.15, -0.1) is 0 Å². The molecule has 0 aromatic heterocycles. The number of hydrogen-bond acceptors (Lipinski definition) is 4. The van der Waals surface area contributed by atoms with Crippen molar-refractivity contribution in [3.8, 4) is 5.75 Å². The average molecular weight is 369 g/mol. The number of amides is 1. The highest BCUT2D eigenvalue weighted by Gasteiger charge is 2.17. The highest BCUT2D eigenvalue weighted by Crippen LogP contribution is 2.16. The molecular formula is C22H27NO4. The lowest BCUT2D eigenvalue weighted by atomic mass is 10.1. The molecule has 144 valence electrons. The number of unbranched alkanes of at least 4 members (excludes halogenated alkanes) is 1. The highest BCUT2D eigenvalue weighted by atomic mass is 16.5. The Balaban J connectivity index is 1.96. The molecule has 0 spiro atoms. The fourth-order valence-electron chi connectivity index (χ4n) is 2.61. The molecular weight excluding hydrogens is 342 g/mol. The summed E-state index contributed by atoms with van der Waals surface area (Å²) in [5.41, 5.74) is 1.68. The second kappa shape index (κ2) is 11.0. The van der Waals surface area contributed by atoms with Gasteiger partial charge in [-0.3, -0.25) is 9.59 Å². The van der Waals surface area contributed by atoms with Crippen molar-refractivity contribution < 1.29 is 19.1 Å². The van der Waals surface area contributed by atoms with Crippen molar-refractivity contribution in [3.63, 3.8) is 0 Å². The number of nitrogens with zero attached hydrogens (tertiary/aromatic N) is 1. The van der Waals surface area contributed by atoms with Crippen LogP contribution in [0.4, 0.5) is 0 Å². The molecule has 27 heavy (non-hydrogen) atoms. The first-order valence-electron chi connectivity index (χ1n) is 9.27. The molecule has 1 amide bonds. The first kappa shape index (κ1) is 20.5. The highest BCUT2D eigenvalue weighted by molar-refractivity contribution is 5.94. The van der Waals surface area contributed by atoms with E-state index in [-0.39, 0.29) is 18.3 Å². The molecule has 2 aromatic rings. The van der Waals surface area contributed by atoms with E-state index in [1.807, 2.05) is 30.3 Å². The molecule has 0 aliphatic heterocycles. The van der Waals surface area contributed by atoms with E-state index in [1.54, 1.807) is 29.2 Å². The van der Waals surface area contributed by atoms with E-state index >= 15 is 0 Å². The van der Waals surface area contributed by atoms with Gasteiger partial charge >= 0.3 is 5.97 Å². The fraction of sp³-hybridized carbons (Fsp3) is 0.364. The molecule has 0 aliphatic rings. The second-order valence-corrected chi connectivity index (χ2v) is 6.27. The minimum absolute atomic E-state index is 0.0815. The average Bonchev–Trinajstić information content (AvgIpc) is 2.72. The second-order valence-electron chi connectivity index (χ2n) is 6.27. The standard InChI is InChI=1S/C22H27NO4/c1-3-4-15-23(16-14-21(24)26-2)22(25)19-10-12-20(13-11-19)27-17-18-8-6-5-7-9-18/h5-13H,3-4,14-17H2,1-2H3. The third-order valence-electron chi connectivity index (χ3n) is 4.23. The van der Waals surface area contributed by atoms with Crippen LogP contribution in [0.15, 0.2) is 54.6 Å². The van der Waals surface area contributed by atoms with E-state index in [9.17, 15) is 9.59 Å². The molecule has 2 rings (SSSR count). The summed E-state index contributed by atoms with van der Waals surface area (Å²) in [7, 11) is 1.36. The number of rotatable bonds is 10. The van der Waals surface area contributed by atoms with Crippen molar-refractivity contribution in [1.29, 1.82) is 0 Å². The quantitative estimate of drug-likeness (QED) is 0.593. The molecule has 0 N–H and O–H groups in total. The van der Waals surface area contributed by atoms with Crippen molar-refractivity contribution in [2.45, 2.75) is 32.8 Å². The van der Waals surface area contributed by atoms with Crippen molar-refractivity contribution in [2.24, 2.45) is 0 Å². The van der Waals surface area contributed by atoms with Gasteiger partial charge in [-0.25, -0.2) is 0 Å². The number of carbonyl (C=O) groups is 2. The van der Waals surface area contributed by atoms with E-state index in [4.69, 9.17) is 4.74 Å². The van der Waals surface area contributed by atoms with Crippen LogP contribution in [0.5, 0.6) is 5.75 Å². The van der Waals surface area contributed by atoms with Gasteiger partial charge in [-0.05, 0) is 36.2 Å². The Morgan fingerprint density at radius 1 is 0.963 bits per heavy atom. The van der Waals surface area contributed by atoms with Gasteiger partial charge in [0.1, 0.15) is 12.4 Å². The number of methoxy groups -OCH3 is 1. The van der Waals surface area contributed by atoms with Gasteiger partial charge in [0.25, 0.3) is 5.91 Å². The molecule has 2 aromatic carbocycles. The van der Waals surface area contributed by atoms with Crippen LogP contribution < -0.4 is 4.74 Å². The lowest BCUT2D eigenvalue weighted by molar-refractivity contribution is -0.140. The van der Waals surface area contributed by atoms with Crippen LogP contribution in [0.1, 0.15) is 42.1 Å². The van der Waals surface area contributed by atoms with Gasteiger partial charge < -0.3 is 14.4 Å². The Morgan fingerprint density at radius 3 is 2.30 bits per heavy atom. The zero-order valence-corrected chi connectivity index (χ0v) is 16.0. The van der Waals surface area contributed by atoms with Crippen LogP contribution >= 0.6 is 0 Å². The predicted octanol–water partition coefficient (Wildman–Crippen LogP) is 4.07. The molecule has 0 aliphatic carbocycles. The number of esters is 1. The minimum Gasteiger partial charge on any atom is -0.489 e. The zero-order chi connectivity index (χ0) is 19.5. The summed E-state index contributed by atoms with van der Waals surface area (Å²) < 4.78 is 10.4. The molecule has 0 atom stereocenters. The predicted molar refractivity (Wildman–Crippen MR) is 105 cm³/mol. The summed E-state index contributed by atoms with van der Waals surface area (Å²) in [6, 6.07) is 17.0. The summed E-state index contributed by atoms with van der Waals surface area (Å²) in [4.78, 5) is 25.9. The molecule has 0 heterocycles. The third kappa shape index (κ3) is 6.77. The lowest BCUT2D eigenvalue weighted by Gasteiger charge is -2.22. The zero-order valence-electron chi connectivity index (χ0n) is 16.0. The SMILES string of the molecule is CCCCN(CCC(=O)OC)C(=O)c1ccc(OCc2ccccc2)cc1. The number of hydrogen-bond donors (Lipinski definition) is 0. The van der Waals surface area contributed by atoms with Gasteiger partial charge in [0, 0.05) is 18.7 Å². The molecule has 0 bridgehead atoms. The van der Waals surface area contributed by atoms with Gasteiger partial charge in [-0.2, -0.15) is 0 Å². The maximum absolute atomic E-state index is 12.8. The fourth-order valence-corrected chi connectivity index (χ4v) is 2.61. The Kier molecular flexibility index (Phi) is 8.36. The van der Waals surface area contributed by atoms with Crippen LogP contribution in [0.2, 0.25) is 0 Å². The number of ether oxygens (including phenoxy) is 2. The van der Waals surface area contributed by atoms with Gasteiger partial charge in [0.05, 0.1) is 13.5 Å². The van der Waals surface area contributed by atoms with Gasteiger partial charge in [-0.1, -0.05) is 43.7 Å². The van der Waals surface area contributed by atoms with Gasteiger partial charge in [0.2, 0.25) is 0 Å². The van der Waals surface area contributed by atoms with Crippen molar-refractivity contribution in [3.05, 3.63) is 65.7 Å². The Bertz CT molecular complexity index is 713. The van der Waals surface area contributed by atoms with E-state index < -0.39 is 0 Å². The van der Waals surface area contributed by atoms with Gasteiger partial charge in [0.15, 0.2) is 0 Å². The molecule has 5 heteroatoms. The van der Waals surface area contributed by atoms with Crippen LogP contribution in [0.25, 0.3) is 0 Å². The molecule has 5 nitrogen and oxygen atoms in total. The lowest BCUT2D eigenvalue weighted by Crippen LogP contribution is -2.34. The van der Waals surface area contributed by atoms with Crippen molar-refractivity contribution in [2.75, 3.05) is 20.2 Å². The molecule has 0 saturated carbocycles. The van der Waals surface area contributed by atoms with Crippen molar-refractivity contribution in [1.82, 2.24) is 4.90 Å². The summed E-state index contributed by atoms with van der Waals surface area (Å²) in [5.74, 6) is 0.320. The van der Waals surface area contributed by atoms with E-state index in [0.29, 0.717) is 31.0 Å². The topological polar surface area (TPSA) is 55.8 Å². The smallest absolute Gasteiger partial charge is 0.307 e. The Morgan fingerprint density at radius 2 is 1.67 bits per heavy atom. The van der Waals surface area contributed by atoms with E-state index in [1.165, 1.54) is 7.11 Å². The summed E-state index contributed by atoms with van der Waals surface area (Å²) >= 11 is 0. The molecule has 0 fully saturated rings. The summed E-state index contributed by atoms with van der Waals surface area (Å²) in [6.07, 6.45) is 2.07. The van der Waals surface area contributed by atoms with Crippen LogP contribution in [-0.4, -0.2) is 37.0 Å². The Hall–Kier alpha value is -2.82. The third-order valence-corrected chi connectivity index (χ3v) is 4.23. The monoisotopic (exact) mass is 369 g/mol. The molecule has 0 saturated heterocycles. The first-order chi connectivity index (χ1) is 13.1. The number of carbonyl (C=O) groups excluding carboxylic acids is 2. The van der Waals surface area contributed by atoms with Crippen LogP contribution in [-0.2, 0) is 16.1 Å². The maximum Gasteiger partial charge on any atom is 0.307 e. The summed E-state index contributed by atoms with van der Waals surface area (Å²) in [5, 5.41) is 0. The minimum atomic E-state index is -0.311. The van der Waals surface area contributed by atoms with Crippen LogP contribution in [0.3, 0.4) is 0 Å². The number of benzene rings is 2. The summed E-state index contributed by atoms with van der Waals surface area (Å²) in [6.45, 7) is 3.54. The molecule has 0 radical (unpaired) electrons. The van der Waals surface area contributed by atoms with Crippen molar-refractivity contribution >= 4 is 11.9 Å².